The maximum Gasteiger partial charge on any atom is 0.237 e. The summed E-state index contributed by atoms with van der Waals surface area (Å²) in [5.74, 6) is 1.24. The zero-order valence-corrected chi connectivity index (χ0v) is 17.4. The molecule has 2 saturated heterocycles. The lowest BCUT2D eigenvalue weighted by atomic mass is 10.0. The SMILES string of the molecule is CCNC(=NCC1CCOC1)N1CCN(C(C)(C)C(N)=O)CC1.I. The molecule has 24 heavy (non-hydrogen) atoms. The number of hydrogen-bond donors (Lipinski definition) is 2. The van der Waals surface area contributed by atoms with Crippen LogP contribution in [0.15, 0.2) is 4.99 Å². The molecule has 2 fully saturated rings. The van der Waals surface area contributed by atoms with E-state index in [1.165, 1.54) is 0 Å². The van der Waals surface area contributed by atoms with Gasteiger partial charge in [0.05, 0.1) is 12.1 Å². The Morgan fingerprint density at radius 3 is 2.50 bits per heavy atom. The molecule has 0 radical (unpaired) electrons. The molecule has 2 aliphatic heterocycles. The van der Waals surface area contributed by atoms with E-state index in [4.69, 9.17) is 15.5 Å². The molecule has 2 rings (SSSR count). The highest BCUT2D eigenvalue weighted by molar-refractivity contribution is 14.0. The molecule has 0 spiro atoms. The average Bonchev–Trinajstić information content (AvgIpc) is 3.05. The van der Waals surface area contributed by atoms with Crippen LogP contribution in [-0.4, -0.2) is 79.7 Å². The number of carbonyl (C=O) groups excluding carboxylic acids is 1. The first-order valence-electron chi connectivity index (χ1n) is 8.61. The fourth-order valence-electron chi connectivity index (χ4n) is 3.00. The Morgan fingerprint density at radius 2 is 2.00 bits per heavy atom. The predicted octanol–water partition coefficient (Wildman–Crippen LogP) is 0.488. The molecule has 8 heteroatoms. The number of amides is 1. The van der Waals surface area contributed by atoms with Crippen LogP contribution in [0.1, 0.15) is 27.2 Å². The third-order valence-electron chi connectivity index (χ3n) is 4.83. The molecule has 3 N–H and O–H groups in total. The Morgan fingerprint density at radius 1 is 1.33 bits per heavy atom. The lowest BCUT2D eigenvalue weighted by Gasteiger charge is -2.43. The summed E-state index contributed by atoms with van der Waals surface area (Å²) in [6.45, 7) is 12.5. The standard InChI is InChI=1S/C16H31N5O2.HI/c1-4-18-15(19-11-13-5-10-23-12-13)20-6-8-21(9-7-20)16(2,3)14(17)22;/h13H,4-12H2,1-3H3,(H2,17,22)(H,18,19);1H. The van der Waals surface area contributed by atoms with Crippen LogP contribution in [0.25, 0.3) is 0 Å². The second-order valence-corrected chi connectivity index (χ2v) is 6.82. The normalized spacial score (nSPS) is 23.0. The van der Waals surface area contributed by atoms with E-state index in [0.717, 1.165) is 64.9 Å². The lowest BCUT2D eigenvalue weighted by Crippen LogP contribution is -2.61. The van der Waals surface area contributed by atoms with E-state index < -0.39 is 5.54 Å². The zero-order chi connectivity index (χ0) is 16.9. The van der Waals surface area contributed by atoms with Crippen LogP contribution < -0.4 is 11.1 Å². The third-order valence-corrected chi connectivity index (χ3v) is 4.83. The second-order valence-electron chi connectivity index (χ2n) is 6.82. The second kappa shape index (κ2) is 9.76. The van der Waals surface area contributed by atoms with Gasteiger partial charge in [0.25, 0.3) is 0 Å². The van der Waals surface area contributed by atoms with Gasteiger partial charge in [0, 0.05) is 51.8 Å². The highest BCUT2D eigenvalue weighted by Crippen LogP contribution is 2.17. The molecule has 140 valence electrons. The van der Waals surface area contributed by atoms with Gasteiger partial charge < -0.3 is 20.7 Å². The Bertz CT molecular complexity index is 430. The fourth-order valence-corrected chi connectivity index (χ4v) is 3.00. The predicted molar refractivity (Wildman–Crippen MR) is 107 cm³/mol. The van der Waals surface area contributed by atoms with Crippen molar-refractivity contribution in [3.05, 3.63) is 0 Å². The maximum atomic E-state index is 11.6. The highest BCUT2D eigenvalue weighted by atomic mass is 127. The number of nitrogens with two attached hydrogens (primary N) is 1. The summed E-state index contributed by atoms with van der Waals surface area (Å²) in [6, 6.07) is 0. The Balaban J connectivity index is 0.00000288. The molecule has 1 unspecified atom stereocenters. The highest BCUT2D eigenvalue weighted by Gasteiger charge is 2.35. The van der Waals surface area contributed by atoms with E-state index in [-0.39, 0.29) is 29.9 Å². The number of rotatable bonds is 5. The maximum absolute atomic E-state index is 11.6. The first-order valence-corrected chi connectivity index (χ1v) is 8.61. The molecular formula is C16H32IN5O2. The van der Waals surface area contributed by atoms with Gasteiger partial charge in [-0.1, -0.05) is 0 Å². The number of nitrogens with one attached hydrogen (secondary N) is 1. The van der Waals surface area contributed by atoms with Crippen molar-refractivity contribution in [2.45, 2.75) is 32.7 Å². The number of ether oxygens (including phenoxy) is 1. The van der Waals surface area contributed by atoms with E-state index in [2.05, 4.69) is 22.0 Å². The Kier molecular flexibility index (Phi) is 8.72. The van der Waals surface area contributed by atoms with E-state index in [0.29, 0.717) is 5.92 Å². The van der Waals surface area contributed by atoms with E-state index in [1.54, 1.807) is 0 Å². The number of halogens is 1. The number of piperazine rings is 1. The monoisotopic (exact) mass is 453 g/mol. The third kappa shape index (κ3) is 5.45. The van der Waals surface area contributed by atoms with Crippen LogP contribution in [-0.2, 0) is 9.53 Å². The molecule has 0 bridgehead atoms. The van der Waals surface area contributed by atoms with Gasteiger partial charge in [-0.05, 0) is 27.2 Å². The first-order chi connectivity index (χ1) is 10.9. The molecule has 1 atom stereocenters. The van der Waals surface area contributed by atoms with Crippen molar-refractivity contribution in [3.8, 4) is 0 Å². The summed E-state index contributed by atoms with van der Waals surface area (Å²) in [4.78, 5) is 20.8. The summed E-state index contributed by atoms with van der Waals surface area (Å²) in [7, 11) is 0. The molecule has 0 aromatic rings. The average molecular weight is 453 g/mol. The summed E-state index contributed by atoms with van der Waals surface area (Å²) in [6.07, 6.45) is 1.10. The van der Waals surface area contributed by atoms with Gasteiger partial charge in [-0.2, -0.15) is 0 Å². The molecule has 7 nitrogen and oxygen atoms in total. The Hall–Kier alpha value is -0.610. The fraction of sp³-hybridized carbons (Fsp3) is 0.875. The number of hydrogen-bond acceptors (Lipinski definition) is 4. The smallest absolute Gasteiger partial charge is 0.237 e. The summed E-state index contributed by atoms with van der Waals surface area (Å²) in [5, 5.41) is 3.38. The molecule has 0 saturated carbocycles. The first kappa shape index (κ1) is 21.4. The van der Waals surface area contributed by atoms with Crippen molar-refractivity contribution in [2.24, 2.45) is 16.6 Å². The van der Waals surface area contributed by atoms with Crippen molar-refractivity contribution in [1.29, 1.82) is 0 Å². The van der Waals surface area contributed by atoms with Crippen molar-refractivity contribution in [3.63, 3.8) is 0 Å². The summed E-state index contributed by atoms with van der Waals surface area (Å²) < 4.78 is 5.42. The number of guanidine groups is 1. The van der Waals surface area contributed by atoms with E-state index >= 15 is 0 Å². The van der Waals surface area contributed by atoms with Crippen molar-refractivity contribution in [2.75, 3.05) is 52.5 Å². The topological polar surface area (TPSA) is 83.2 Å². The number of carbonyl (C=O) groups is 1. The molecule has 0 aliphatic carbocycles. The molecule has 0 aromatic heterocycles. The molecule has 2 aliphatic rings. The van der Waals surface area contributed by atoms with Gasteiger partial charge in [0.15, 0.2) is 5.96 Å². The Labute approximate surface area is 162 Å². The summed E-state index contributed by atoms with van der Waals surface area (Å²) >= 11 is 0. The van der Waals surface area contributed by atoms with Crippen molar-refractivity contribution < 1.29 is 9.53 Å². The van der Waals surface area contributed by atoms with Gasteiger partial charge in [0.2, 0.25) is 5.91 Å². The van der Waals surface area contributed by atoms with E-state index in [1.807, 2.05) is 13.8 Å². The van der Waals surface area contributed by atoms with Crippen LogP contribution in [0.4, 0.5) is 0 Å². The van der Waals surface area contributed by atoms with Crippen LogP contribution in [0.5, 0.6) is 0 Å². The molecule has 2 heterocycles. The quantitative estimate of drug-likeness (QED) is 0.360. The van der Waals surface area contributed by atoms with Gasteiger partial charge >= 0.3 is 0 Å². The zero-order valence-electron chi connectivity index (χ0n) is 15.1. The molecule has 0 aromatic carbocycles. The van der Waals surface area contributed by atoms with Crippen LogP contribution in [0, 0.1) is 5.92 Å². The minimum atomic E-state index is -0.594. The van der Waals surface area contributed by atoms with Crippen LogP contribution in [0.2, 0.25) is 0 Å². The van der Waals surface area contributed by atoms with Crippen molar-refractivity contribution in [1.82, 2.24) is 15.1 Å². The van der Waals surface area contributed by atoms with Gasteiger partial charge in [-0.15, -0.1) is 24.0 Å². The van der Waals surface area contributed by atoms with E-state index in [9.17, 15) is 4.79 Å². The largest absolute Gasteiger partial charge is 0.381 e. The number of primary amides is 1. The van der Waals surface area contributed by atoms with Gasteiger partial charge in [-0.3, -0.25) is 14.7 Å². The number of nitrogens with zero attached hydrogens (tertiary/aromatic N) is 3. The van der Waals surface area contributed by atoms with Gasteiger partial charge in [0.1, 0.15) is 0 Å². The van der Waals surface area contributed by atoms with Gasteiger partial charge in [-0.25, -0.2) is 0 Å². The minimum absolute atomic E-state index is 0. The van der Waals surface area contributed by atoms with Crippen molar-refractivity contribution >= 4 is 35.8 Å². The number of aliphatic imine (C=N–C) groups is 1. The van der Waals surface area contributed by atoms with Crippen LogP contribution >= 0.6 is 24.0 Å². The summed E-state index contributed by atoms with van der Waals surface area (Å²) in [5.41, 5.74) is 4.92. The van der Waals surface area contributed by atoms with Crippen LogP contribution in [0.3, 0.4) is 0 Å². The molecule has 1 amide bonds. The molecular weight excluding hydrogens is 421 g/mol. The minimum Gasteiger partial charge on any atom is -0.381 e. The lowest BCUT2D eigenvalue weighted by molar-refractivity contribution is -0.129.